The third-order valence-electron chi connectivity index (χ3n) is 2.76. The van der Waals surface area contributed by atoms with Crippen molar-refractivity contribution in [3.8, 4) is 5.75 Å². The average molecular weight is 435 g/mol. The molecule has 0 aromatic heterocycles. The fourth-order valence-electron chi connectivity index (χ4n) is 1.71. The van der Waals surface area contributed by atoms with E-state index < -0.39 is 10.0 Å². The minimum absolute atomic E-state index is 0.210. The Hall–Kier alpha value is -0.930. The van der Waals surface area contributed by atoms with Crippen molar-refractivity contribution in [3.63, 3.8) is 0 Å². The van der Waals surface area contributed by atoms with Crippen LogP contribution in [0.5, 0.6) is 5.75 Å². The molecule has 4 nitrogen and oxygen atoms in total. The summed E-state index contributed by atoms with van der Waals surface area (Å²) < 4.78 is 33.3. The number of benzene rings is 2. The molecule has 0 bridgehead atoms. The lowest BCUT2D eigenvalue weighted by atomic mass is 10.3. The molecule has 0 atom stereocenters. The van der Waals surface area contributed by atoms with Crippen molar-refractivity contribution in [1.29, 1.82) is 0 Å². The predicted octanol–water partition coefficient (Wildman–Crippen LogP) is 3.82. The van der Waals surface area contributed by atoms with Gasteiger partial charge in [0, 0.05) is 10.6 Å². The molecule has 0 saturated heterocycles. The van der Waals surface area contributed by atoms with E-state index in [1.807, 2.05) is 41.0 Å². The van der Waals surface area contributed by atoms with Crippen molar-refractivity contribution < 1.29 is 13.2 Å². The Bertz CT molecular complexity index is 748. The summed E-state index contributed by atoms with van der Waals surface area (Å²) in [6.45, 7) is 0. The fraction of sp³-hybridized carbons (Fsp3) is 0.143. The van der Waals surface area contributed by atoms with Gasteiger partial charge in [0.2, 0.25) is 0 Å². The van der Waals surface area contributed by atoms with Crippen molar-refractivity contribution in [3.05, 3.63) is 46.0 Å². The topological polar surface area (TPSA) is 55.4 Å². The quantitative estimate of drug-likeness (QED) is 0.573. The van der Waals surface area contributed by atoms with Gasteiger partial charge >= 0.3 is 0 Å². The van der Waals surface area contributed by atoms with Crippen LogP contribution in [0.4, 0.5) is 5.69 Å². The van der Waals surface area contributed by atoms with Crippen LogP contribution >= 0.6 is 34.4 Å². The minimum Gasteiger partial charge on any atom is -0.496 e. The van der Waals surface area contributed by atoms with Gasteiger partial charge in [-0.15, -0.1) is 11.8 Å². The summed E-state index contributed by atoms with van der Waals surface area (Å²) >= 11 is 3.61. The number of halogens is 1. The first-order valence-electron chi connectivity index (χ1n) is 5.96. The smallest absolute Gasteiger partial charge is 0.261 e. The van der Waals surface area contributed by atoms with Gasteiger partial charge in [-0.1, -0.05) is 6.07 Å². The number of hydrogen-bond acceptors (Lipinski definition) is 4. The van der Waals surface area contributed by atoms with Gasteiger partial charge in [-0.2, -0.15) is 0 Å². The van der Waals surface area contributed by atoms with E-state index in [-0.39, 0.29) is 4.90 Å². The summed E-state index contributed by atoms with van der Waals surface area (Å²) in [5.74, 6) is 0.652. The maximum absolute atomic E-state index is 12.4. The molecule has 0 fully saturated rings. The molecule has 0 amide bonds. The lowest BCUT2D eigenvalue weighted by molar-refractivity contribution is 0.411. The molecule has 112 valence electrons. The van der Waals surface area contributed by atoms with Gasteiger partial charge in [0.25, 0.3) is 10.0 Å². The SMILES string of the molecule is COc1ccc(S(=O)(=O)Nc2cccc(SC)c2)cc1I. The van der Waals surface area contributed by atoms with Crippen LogP contribution in [0.25, 0.3) is 0 Å². The average Bonchev–Trinajstić information content (AvgIpc) is 2.47. The lowest BCUT2D eigenvalue weighted by Gasteiger charge is -2.10. The molecular weight excluding hydrogens is 421 g/mol. The van der Waals surface area contributed by atoms with Crippen molar-refractivity contribution in [2.24, 2.45) is 0 Å². The van der Waals surface area contributed by atoms with Crippen LogP contribution in [0, 0.1) is 3.57 Å². The van der Waals surface area contributed by atoms with Gasteiger partial charge in [-0.05, 0) is 65.2 Å². The van der Waals surface area contributed by atoms with Crippen molar-refractivity contribution >= 4 is 50.1 Å². The fourth-order valence-corrected chi connectivity index (χ4v) is 4.20. The first kappa shape index (κ1) is 16.4. The number of methoxy groups -OCH3 is 1. The Kier molecular flexibility index (Phi) is 5.39. The zero-order valence-electron chi connectivity index (χ0n) is 11.5. The molecule has 0 heterocycles. The van der Waals surface area contributed by atoms with Crippen LogP contribution in [0.3, 0.4) is 0 Å². The Morgan fingerprint density at radius 2 is 1.95 bits per heavy atom. The molecule has 21 heavy (non-hydrogen) atoms. The maximum atomic E-state index is 12.4. The number of nitrogens with one attached hydrogen (secondary N) is 1. The summed E-state index contributed by atoms with van der Waals surface area (Å²) in [6.07, 6.45) is 1.94. The molecule has 7 heteroatoms. The number of thioether (sulfide) groups is 1. The highest BCUT2D eigenvalue weighted by molar-refractivity contribution is 14.1. The summed E-state index contributed by atoms with van der Waals surface area (Å²) in [7, 11) is -2.05. The molecule has 2 aromatic carbocycles. The van der Waals surface area contributed by atoms with Gasteiger partial charge in [-0.25, -0.2) is 8.42 Å². The van der Waals surface area contributed by atoms with Gasteiger partial charge in [0.05, 0.1) is 15.6 Å². The monoisotopic (exact) mass is 435 g/mol. The summed E-state index contributed by atoms with van der Waals surface area (Å²) in [5.41, 5.74) is 0.549. The van der Waals surface area contributed by atoms with Gasteiger partial charge < -0.3 is 4.74 Å². The summed E-state index contributed by atoms with van der Waals surface area (Å²) in [6, 6.07) is 12.0. The Balaban J connectivity index is 2.31. The van der Waals surface area contributed by atoms with E-state index in [9.17, 15) is 8.42 Å². The highest BCUT2D eigenvalue weighted by atomic mass is 127. The number of anilines is 1. The molecule has 2 aromatic rings. The molecule has 0 saturated carbocycles. The zero-order chi connectivity index (χ0) is 15.5. The molecule has 0 aliphatic heterocycles. The van der Waals surface area contributed by atoms with E-state index >= 15 is 0 Å². The standard InChI is InChI=1S/C14H14INO3S2/c1-19-14-7-6-12(9-13(14)15)21(17,18)16-10-4-3-5-11(8-10)20-2/h3-9,16H,1-2H3. The first-order chi connectivity index (χ1) is 9.96. The zero-order valence-corrected chi connectivity index (χ0v) is 15.3. The number of rotatable bonds is 5. The van der Waals surface area contributed by atoms with Crippen molar-refractivity contribution in [2.75, 3.05) is 18.1 Å². The molecule has 1 N–H and O–H groups in total. The van der Waals surface area contributed by atoms with Gasteiger partial charge in [0.15, 0.2) is 0 Å². The van der Waals surface area contributed by atoms with Crippen LogP contribution in [0.2, 0.25) is 0 Å². The first-order valence-corrected chi connectivity index (χ1v) is 9.75. The number of ether oxygens (including phenoxy) is 1. The summed E-state index contributed by atoms with van der Waals surface area (Å²) in [5, 5.41) is 0. The van der Waals surface area contributed by atoms with Crippen LogP contribution in [0.15, 0.2) is 52.3 Å². The normalized spacial score (nSPS) is 11.2. The van der Waals surface area contributed by atoms with E-state index in [2.05, 4.69) is 4.72 Å². The number of hydrogen-bond donors (Lipinski definition) is 1. The second-order valence-corrected chi connectivity index (χ2v) is 7.86. The van der Waals surface area contributed by atoms with Gasteiger partial charge in [0.1, 0.15) is 5.75 Å². The second-order valence-electron chi connectivity index (χ2n) is 4.13. The lowest BCUT2D eigenvalue weighted by Crippen LogP contribution is -2.13. The highest BCUT2D eigenvalue weighted by Gasteiger charge is 2.16. The largest absolute Gasteiger partial charge is 0.496 e. The van der Waals surface area contributed by atoms with Gasteiger partial charge in [-0.3, -0.25) is 4.72 Å². The third-order valence-corrected chi connectivity index (χ3v) is 5.70. The van der Waals surface area contributed by atoms with E-state index in [0.717, 1.165) is 8.47 Å². The van der Waals surface area contributed by atoms with Crippen LogP contribution in [-0.4, -0.2) is 21.8 Å². The molecular formula is C14H14INO3S2. The molecule has 0 unspecified atom stereocenters. The highest BCUT2D eigenvalue weighted by Crippen LogP contribution is 2.26. The van der Waals surface area contributed by atoms with Crippen LogP contribution < -0.4 is 9.46 Å². The van der Waals surface area contributed by atoms with E-state index in [4.69, 9.17) is 4.74 Å². The van der Waals surface area contributed by atoms with E-state index in [0.29, 0.717) is 11.4 Å². The van der Waals surface area contributed by atoms with E-state index in [1.54, 1.807) is 43.1 Å². The molecule has 2 rings (SSSR count). The molecule has 0 spiro atoms. The molecule has 0 aliphatic carbocycles. The second kappa shape index (κ2) is 6.89. The Morgan fingerprint density at radius 3 is 2.57 bits per heavy atom. The minimum atomic E-state index is -3.61. The third kappa shape index (κ3) is 4.04. The van der Waals surface area contributed by atoms with Crippen molar-refractivity contribution in [2.45, 2.75) is 9.79 Å². The van der Waals surface area contributed by atoms with Crippen LogP contribution in [-0.2, 0) is 10.0 Å². The summed E-state index contributed by atoms with van der Waals surface area (Å²) in [4.78, 5) is 1.21. The van der Waals surface area contributed by atoms with Crippen LogP contribution in [0.1, 0.15) is 0 Å². The maximum Gasteiger partial charge on any atom is 0.261 e. The predicted molar refractivity (Wildman–Crippen MR) is 94.7 cm³/mol. The molecule has 0 radical (unpaired) electrons. The molecule has 0 aliphatic rings. The Labute approximate surface area is 142 Å². The van der Waals surface area contributed by atoms with Crippen molar-refractivity contribution in [1.82, 2.24) is 0 Å². The number of sulfonamides is 1. The Morgan fingerprint density at radius 1 is 1.19 bits per heavy atom. The van der Waals surface area contributed by atoms with E-state index in [1.165, 1.54) is 6.07 Å².